The molecule has 0 spiro atoms. The summed E-state index contributed by atoms with van der Waals surface area (Å²) in [5.41, 5.74) is 3.15. The molecule has 0 bridgehead atoms. The first-order valence-electron chi connectivity index (χ1n) is 5.01. The van der Waals surface area contributed by atoms with Gasteiger partial charge in [-0.25, -0.2) is 0 Å². The van der Waals surface area contributed by atoms with Gasteiger partial charge in [0.2, 0.25) is 5.75 Å². The average Bonchev–Trinajstić information content (AvgIpc) is 2.37. The molecule has 0 aliphatic carbocycles. The molecule has 0 saturated carbocycles. The third kappa shape index (κ3) is 2.81. The number of hydrogen-bond acceptors (Lipinski definition) is 4. The van der Waals surface area contributed by atoms with Crippen LogP contribution in [0.3, 0.4) is 0 Å². The Hall–Kier alpha value is -1.90. The van der Waals surface area contributed by atoms with Crippen molar-refractivity contribution in [2.45, 2.75) is 6.10 Å². The Morgan fingerprint density at radius 1 is 1.18 bits per heavy atom. The first kappa shape index (κ1) is 13.2. The number of hydrogen-bond donors (Lipinski definition) is 1. The lowest BCUT2D eigenvalue weighted by Gasteiger charge is -2.15. The number of methoxy groups -OCH3 is 3. The molecule has 0 fully saturated rings. The van der Waals surface area contributed by atoms with Crippen molar-refractivity contribution < 1.29 is 19.3 Å². The summed E-state index contributed by atoms with van der Waals surface area (Å²) in [5, 5.41) is 9.81. The fraction of sp³-hybridized carbons (Fsp3) is 0.308. The Bertz CT molecular complexity index is 408. The molecule has 0 aliphatic rings. The van der Waals surface area contributed by atoms with Gasteiger partial charge in [0.15, 0.2) is 11.5 Å². The van der Waals surface area contributed by atoms with Crippen LogP contribution in [0.15, 0.2) is 30.5 Å². The van der Waals surface area contributed by atoms with Crippen molar-refractivity contribution in [3.63, 3.8) is 0 Å². The largest absolute Gasteiger partial charge is 0.493 e. The van der Waals surface area contributed by atoms with Gasteiger partial charge in [0, 0.05) is 0 Å². The minimum absolute atomic E-state index is 0.494. The summed E-state index contributed by atoms with van der Waals surface area (Å²) in [6, 6.07) is 3.36. The Kier molecular flexibility index (Phi) is 4.64. The molecule has 0 radical (unpaired) electrons. The van der Waals surface area contributed by atoms with Crippen molar-refractivity contribution in [1.29, 1.82) is 0 Å². The highest BCUT2D eigenvalue weighted by Gasteiger charge is 2.15. The van der Waals surface area contributed by atoms with E-state index in [9.17, 15) is 5.11 Å². The molecule has 1 rings (SSSR count). The molecule has 0 unspecified atom stereocenters. The van der Waals surface area contributed by atoms with E-state index >= 15 is 0 Å². The number of aliphatic hydroxyl groups excluding tert-OH is 1. The summed E-state index contributed by atoms with van der Waals surface area (Å²) >= 11 is 0. The molecule has 92 valence electrons. The molecule has 0 amide bonds. The molecule has 1 aromatic rings. The fourth-order valence-corrected chi connectivity index (χ4v) is 1.48. The average molecular weight is 236 g/mol. The Labute approximate surface area is 101 Å². The molecule has 1 aromatic carbocycles. The second-order valence-electron chi connectivity index (χ2n) is 3.27. The molecule has 17 heavy (non-hydrogen) atoms. The van der Waals surface area contributed by atoms with Gasteiger partial charge >= 0.3 is 0 Å². The maximum Gasteiger partial charge on any atom is 0.203 e. The lowest BCUT2D eigenvalue weighted by molar-refractivity contribution is 0.227. The van der Waals surface area contributed by atoms with Gasteiger partial charge in [-0.1, -0.05) is 6.58 Å². The van der Waals surface area contributed by atoms with E-state index in [1.165, 1.54) is 27.4 Å². The van der Waals surface area contributed by atoms with Crippen LogP contribution in [0, 0.1) is 0 Å². The van der Waals surface area contributed by atoms with Crippen LogP contribution in [-0.2, 0) is 0 Å². The molecule has 1 atom stereocenters. The molecule has 4 nitrogen and oxygen atoms in total. The summed E-state index contributed by atoms with van der Waals surface area (Å²) in [6.45, 7) is 3.42. The third-order valence-corrected chi connectivity index (χ3v) is 2.30. The van der Waals surface area contributed by atoms with Crippen LogP contribution in [0.5, 0.6) is 17.2 Å². The minimum atomic E-state index is -0.804. The Morgan fingerprint density at radius 3 is 2.06 bits per heavy atom. The van der Waals surface area contributed by atoms with Crippen LogP contribution >= 0.6 is 0 Å². The smallest absolute Gasteiger partial charge is 0.203 e. The molecule has 0 heterocycles. The van der Waals surface area contributed by atoms with Crippen LogP contribution in [0.4, 0.5) is 0 Å². The van der Waals surface area contributed by atoms with Gasteiger partial charge in [0.25, 0.3) is 0 Å². The van der Waals surface area contributed by atoms with Gasteiger partial charge in [0.1, 0.15) is 6.10 Å². The van der Waals surface area contributed by atoms with Crippen molar-refractivity contribution in [3.8, 4) is 17.2 Å². The zero-order chi connectivity index (χ0) is 12.8. The third-order valence-electron chi connectivity index (χ3n) is 2.30. The number of benzene rings is 1. The summed E-state index contributed by atoms with van der Waals surface area (Å²) in [6.07, 6.45) is 0.641. The SMILES string of the molecule is C=C=C[C@@H](O)c1cc(OC)c(OC)c(OC)c1. The first-order chi connectivity index (χ1) is 8.17. The number of ether oxygens (including phenoxy) is 3. The Morgan fingerprint density at radius 2 is 1.71 bits per heavy atom. The quantitative estimate of drug-likeness (QED) is 0.795. The van der Waals surface area contributed by atoms with Crippen molar-refractivity contribution in [2.75, 3.05) is 21.3 Å². The topological polar surface area (TPSA) is 47.9 Å². The first-order valence-corrected chi connectivity index (χ1v) is 5.01. The monoisotopic (exact) mass is 236 g/mol. The zero-order valence-electron chi connectivity index (χ0n) is 10.2. The van der Waals surface area contributed by atoms with Crippen LogP contribution in [0.25, 0.3) is 0 Å². The zero-order valence-corrected chi connectivity index (χ0v) is 10.2. The van der Waals surface area contributed by atoms with Crippen molar-refractivity contribution in [1.82, 2.24) is 0 Å². The van der Waals surface area contributed by atoms with Gasteiger partial charge in [-0.05, 0) is 23.8 Å². The predicted molar refractivity (Wildman–Crippen MR) is 64.8 cm³/mol. The molecule has 4 heteroatoms. The van der Waals surface area contributed by atoms with E-state index in [0.717, 1.165) is 0 Å². The molecule has 1 N–H and O–H groups in total. The van der Waals surface area contributed by atoms with Gasteiger partial charge in [-0.2, -0.15) is 0 Å². The van der Waals surface area contributed by atoms with E-state index in [1.54, 1.807) is 12.1 Å². The van der Waals surface area contributed by atoms with Crippen molar-refractivity contribution in [2.24, 2.45) is 0 Å². The predicted octanol–water partition coefficient (Wildman–Crippen LogP) is 2.09. The van der Waals surface area contributed by atoms with E-state index in [4.69, 9.17) is 14.2 Å². The van der Waals surface area contributed by atoms with Gasteiger partial charge in [0.05, 0.1) is 21.3 Å². The highest BCUT2D eigenvalue weighted by Crippen LogP contribution is 2.39. The van der Waals surface area contributed by atoms with Gasteiger partial charge < -0.3 is 19.3 Å². The van der Waals surface area contributed by atoms with Crippen LogP contribution in [0.2, 0.25) is 0 Å². The van der Waals surface area contributed by atoms with E-state index in [0.29, 0.717) is 22.8 Å². The second kappa shape index (κ2) is 5.99. The van der Waals surface area contributed by atoms with E-state index in [2.05, 4.69) is 12.3 Å². The van der Waals surface area contributed by atoms with E-state index in [1.807, 2.05) is 0 Å². The lowest BCUT2D eigenvalue weighted by Crippen LogP contribution is -1.99. The van der Waals surface area contributed by atoms with Crippen molar-refractivity contribution in [3.05, 3.63) is 36.1 Å². The van der Waals surface area contributed by atoms with Gasteiger partial charge in [-0.15, -0.1) is 5.73 Å². The van der Waals surface area contributed by atoms with Crippen LogP contribution < -0.4 is 14.2 Å². The molecule has 0 saturated heterocycles. The lowest BCUT2D eigenvalue weighted by atomic mass is 10.1. The summed E-state index contributed by atoms with van der Waals surface area (Å²) < 4.78 is 15.5. The highest BCUT2D eigenvalue weighted by atomic mass is 16.5. The van der Waals surface area contributed by atoms with Crippen LogP contribution in [-0.4, -0.2) is 26.4 Å². The second-order valence-corrected chi connectivity index (χ2v) is 3.27. The molecular weight excluding hydrogens is 220 g/mol. The molecule has 0 aromatic heterocycles. The minimum Gasteiger partial charge on any atom is -0.493 e. The van der Waals surface area contributed by atoms with Crippen LogP contribution in [0.1, 0.15) is 11.7 Å². The van der Waals surface area contributed by atoms with E-state index < -0.39 is 6.10 Å². The fourth-order valence-electron chi connectivity index (χ4n) is 1.48. The summed E-state index contributed by atoms with van der Waals surface area (Å²) in [4.78, 5) is 0. The molecular formula is C13H16O4. The van der Waals surface area contributed by atoms with E-state index in [-0.39, 0.29) is 0 Å². The normalized spacial score (nSPS) is 11.3. The number of rotatable bonds is 5. The highest BCUT2D eigenvalue weighted by molar-refractivity contribution is 5.54. The van der Waals surface area contributed by atoms with Gasteiger partial charge in [-0.3, -0.25) is 0 Å². The molecule has 0 aliphatic heterocycles. The standard InChI is InChI=1S/C13H16O4/c1-5-6-10(14)9-7-11(15-2)13(17-4)12(8-9)16-3/h6-8,10,14H,1H2,2-4H3/t10-/m1/s1. The summed E-state index contributed by atoms with van der Waals surface area (Å²) in [5.74, 6) is 1.49. The summed E-state index contributed by atoms with van der Waals surface area (Å²) in [7, 11) is 4.58. The maximum absolute atomic E-state index is 9.81. The van der Waals surface area contributed by atoms with Crippen molar-refractivity contribution >= 4 is 0 Å². The Balaban J connectivity index is 3.31. The number of aliphatic hydroxyl groups is 1. The maximum atomic E-state index is 9.81.